The molecule has 0 aliphatic rings. The van der Waals surface area contributed by atoms with Crippen LogP contribution in [-0.2, 0) is 5.33 Å². The second-order valence-electron chi connectivity index (χ2n) is 2.12. The molecule has 0 radical (unpaired) electrons. The number of rotatable bonds is 2. The van der Waals surface area contributed by atoms with E-state index < -0.39 is 5.97 Å². The normalized spacial score (nSPS) is 8.75. The molecule has 0 spiro atoms. The fourth-order valence-electron chi connectivity index (χ4n) is 0.781. The van der Waals surface area contributed by atoms with Crippen molar-refractivity contribution in [1.29, 1.82) is 0 Å². The molecule has 0 amide bonds. The predicted molar refractivity (Wildman–Crippen MR) is 43.4 cm³/mol. The zero-order chi connectivity index (χ0) is 8.27. The van der Waals surface area contributed by atoms with Crippen molar-refractivity contribution in [3.05, 3.63) is 35.4 Å². The Balaban J connectivity index is 0.00000121. The van der Waals surface area contributed by atoms with Crippen molar-refractivity contribution < 1.29 is 61.3 Å². The third-order valence-electron chi connectivity index (χ3n) is 1.32. The maximum Gasteiger partial charge on any atom is 1.00 e. The zero-order valence-electron chi connectivity index (χ0n) is 6.71. The molecule has 0 aromatic heterocycles. The Bertz CT molecular complexity index is 276. The SMILES string of the molecule is O=C([O-])c1cccc(CBr)c1.[K+]. The minimum atomic E-state index is -1.13. The molecular weight excluding hydrogens is 247 g/mol. The number of carboxylic acid groups (broad SMARTS) is 1. The summed E-state index contributed by atoms with van der Waals surface area (Å²) < 4.78 is 0. The van der Waals surface area contributed by atoms with Gasteiger partial charge in [-0.25, -0.2) is 0 Å². The van der Waals surface area contributed by atoms with Crippen LogP contribution in [0.25, 0.3) is 0 Å². The number of carbonyl (C=O) groups is 1. The minimum Gasteiger partial charge on any atom is -0.545 e. The summed E-state index contributed by atoms with van der Waals surface area (Å²) in [6.45, 7) is 0. The summed E-state index contributed by atoms with van der Waals surface area (Å²) in [5, 5.41) is 11.0. The molecular formula is C8H6BrKO2. The average Bonchev–Trinajstić information content (AvgIpc) is 2.05. The predicted octanol–water partition coefficient (Wildman–Crippen LogP) is -2.05. The van der Waals surface area contributed by atoms with E-state index in [1.165, 1.54) is 6.07 Å². The monoisotopic (exact) mass is 252 g/mol. The molecule has 0 saturated carbocycles. The van der Waals surface area contributed by atoms with Gasteiger partial charge in [0, 0.05) is 5.33 Å². The van der Waals surface area contributed by atoms with Crippen LogP contribution in [0.4, 0.5) is 0 Å². The molecule has 2 nitrogen and oxygen atoms in total. The Kier molecular flexibility index (Phi) is 6.71. The van der Waals surface area contributed by atoms with Crippen LogP contribution in [-0.4, -0.2) is 5.97 Å². The number of aromatic carboxylic acids is 1. The van der Waals surface area contributed by atoms with Crippen LogP contribution in [0.3, 0.4) is 0 Å². The number of halogens is 1. The summed E-state index contributed by atoms with van der Waals surface area (Å²) in [7, 11) is 0. The molecule has 0 saturated heterocycles. The third kappa shape index (κ3) is 3.68. The van der Waals surface area contributed by atoms with E-state index in [0.29, 0.717) is 5.33 Å². The van der Waals surface area contributed by atoms with Crippen LogP contribution in [0, 0.1) is 0 Å². The third-order valence-corrected chi connectivity index (χ3v) is 1.96. The van der Waals surface area contributed by atoms with E-state index >= 15 is 0 Å². The van der Waals surface area contributed by atoms with Crippen LogP contribution in [0.2, 0.25) is 0 Å². The molecule has 0 unspecified atom stereocenters. The first-order valence-corrected chi connectivity index (χ1v) is 4.22. The molecule has 1 rings (SSSR count). The Morgan fingerprint density at radius 3 is 2.67 bits per heavy atom. The van der Waals surface area contributed by atoms with Crippen LogP contribution < -0.4 is 56.5 Å². The summed E-state index contributed by atoms with van der Waals surface area (Å²) in [6.07, 6.45) is 0. The first-order chi connectivity index (χ1) is 5.24. The first kappa shape index (κ1) is 12.8. The van der Waals surface area contributed by atoms with Gasteiger partial charge in [-0.2, -0.15) is 0 Å². The molecule has 0 aliphatic carbocycles. The molecule has 0 aliphatic heterocycles. The number of alkyl halides is 1. The smallest absolute Gasteiger partial charge is 0.545 e. The van der Waals surface area contributed by atoms with Crippen molar-refractivity contribution in [2.75, 3.05) is 0 Å². The number of carboxylic acids is 1. The van der Waals surface area contributed by atoms with Gasteiger partial charge in [-0.3, -0.25) is 0 Å². The Hall–Kier alpha value is 0.806. The number of hydrogen-bond donors (Lipinski definition) is 0. The maximum absolute atomic E-state index is 10.3. The van der Waals surface area contributed by atoms with Crippen LogP contribution in [0.5, 0.6) is 0 Å². The van der Waals surface area contributed by atoms with Crippen molar-refractivity contribution in [3.63, 3.8) is 0 Å². The fourth-order valence-corrected chi connectivity index (χ4v) is 1.13. The minimum absolute atomic E-state index is 0. The van der Waals surface area contributed by atoms with Gasteiger partial charge in [-0.15, -0.1) is 0 Å². The van der Waals surface area contributed by atoms with Gasteiger partial charge < -0.3 is 9.90 Å². The molecule has 1 aromatic rings. The van der Waals surface area contributed by atoms with Crippen molar-refractivity contribution in [2.45, 2.75) is 5.33 Å². The zero-order valence-corrected chi connectivity index (χ0v) is 11.4. The maximum atomic E-state index is 10.3. The standard InChI is InChI=1S/C8H7BrO2.K/c9-5-6-2-1-3-7(4-6)8(10)11;/h1-4H,5H2,(H,10,11);/q;+1/p-1. The quantitative estimate of drug-likeness (QED) is 0.449. The number of carbonyl (C=O) groups excluding carboxylic acids is 1. The topological polar surface area (TPSA) is 40.1 Å². The number of benzene rings is 1. The first-order valence-electron chi connectivity index (χ1n) is 3.10. The summed E-state index contributed by atoms with van der Waals surface area (Å²) in [5.74, 6) is -1.13. The molecule has 0 fully saturated rings. The molecule has 0 bridgehead atoms. The van der Waals surface area contributed by atoms with Gasteiger partial charge in [0.2, 0.25) is 0 Å². The summed E-state index contributed by atoms with van der Waals surface area (Å²) >= 11 is 3.23. The molecule has 4 heteroatoms. The largest absolute Gasteiger partial charge is 1.00 e. The molecule has 58 valence electrons. The Labute approximate surface area is 122 Å². The molecule has 12 heavy (non-hydrogen) atoms. The molecule has 0 heterocycles. The van der Waals surface area contributed by atoms with Gasteiger partial charge in [-0.1, -0.05) is 34.1 Å². The summed E-state index contributed by atoms with van der Waals surface area (Å²) in [6, 6.07) is 6.65. The Morgan fingerprint density at radius 1 is 1.50 bits per heavy atom. The summed E-state index contributed by atoms with van der Waals surface area (Å²) in [5.41, 5.74) is 1.16. The van der Waals surface area contributed by atoms with Crippen molar-refractivity contribution >= 4 is 21.9 Å². The fraction of sp³-hybridized carbons (Fsp3) is 0.125. The Morgan fingerprint density at radius 2 is 2.17 bits per heavy atom. The van der Waals surface area contributed by atoms with Gasteiger partial charge in [0.25, 0.3) is 0 Å². The second kappa shape index (κ2) is 6.29. The van der Waals surface area contributed by atoms with E-state index in [0.717, 1.165) is 5.56 Å². The van der Waals surface area contributed by atoms with Gasteiger partial charge in [-0.05, 0) is 17.2 Å². The molecule has 0 atom stereocenters. The van der Waals surface area contributed by atoms with Crippen LogP contribution >= 0.6 is 15.9 Å². The van der Waals surface area contributed by atoms with Crippen molar-refractivity contribution in [3.8, 4) is 0 Å². The van der Waals surface area contributed by atoms with E-state index in [4.69, 9.17) is 0 Å². The van der Waals surface area contributed by atoms with Gasteiger partial charge in [0.1, 0.15) is 0 Å². The van der Waals surface area contributed by atoms with E-state index in [1.807, 2.05) is 6.07 Å². The van der Waals surface area contributed by atoms with Crippen molar-refractivity contribution in [2.24, 2.45) is 0 Å². The van der Waals surface area contributed by atoms with E-state index in [9.17, 15) is 9.90 Å². The van der Waals surface area contributed by atoms with E-state index in [-0.39, 0.29) is 56.9 Å². The van der Waals surface area contributed by atoms with Gasteiger partial charge >= 0.3 is 51.4 Å². The number of hydrogen-bond acceptors (Lipinski definition) is 2. The van der Waals surface area contributed by atoms with Crippen LogP contribution in [0.1, 0.15) is 15.9 Å². The van der Waals surface area contributed by atoms with Crippen molar-refractivity contribution in [1.82, 2.24) is 0 Å². The second-order valence-corrected chi connectivity index (χ2v) is 2.68. The van der Waals surface area contributed by atoms with Gasteiger partial charge in [0.15, 0.2) is 0 Å². The molecule has 1 aromatic carbocycles. The van der Waals surface area contributed by atoms with E-state index in [1.54, 1.807) is 12.1 Å². The molecule has 0 N–H and O–H groups in total. The average molecular weight is 253 g/mol. The van der Waals surface area contributed by atoms with Crippen LogP contribution in [0.15, 0.2) is 24.3 Å². The summed E-state index contributed by atoms with van der Waals surface area (Å²) in [4.78, 5) is 10.3. The van der Waals surface area contributed by atoms with E-state index in [2.05, 4.69) is 15.9 Å². The van der Waals surface area contributed by atoms with Gasteiger partial charge in [0.05, 0.1) is 5.97 Å².